The number of aryl methyl sites for hydroxylation is 1. The van der Waals surface area contributed by atoms with Crippen LogP contribution in [0.2, 0.25) is 0 Å². The summed E-state index contributed by atoms with van der Waals surface area (Å²) in [4.78, 5) is 43.1. The average molecular weight is 480 g/mol. The minimum absolute atomic E-state index is 0.000495. The highest BCUT2D eigenvalue weighted by Crippen LogP contribution is 2.32. The number of benzene rings is 2. The maximum atomic E-state index is 13.4. The van der Waals surface area contributed by atoms with E-state index >= 15 is 0 Å². The molecule has 1 fully saturated rings. The lowest BCUT2D eigenvalue weighted by Gasteiger charge is -2.37. The van der Waals surface area contributed by atoms with Crippen molar-refractivity contribution in [3.05, 3.63) is 59.2 Å². The zero-order valence-corrected chi connectivity index (χ0v) is 20.6. The topological polar surface area (TPSA) is 88.2 Å². The third-order valence-corrected chi connectivity index (χ3v) is 6.86. The Balaban J connectivity index is 1.47. The van der Waals surface area contributed by atoms with Gasteiger partial charge in [0.2, 0.25) is 12.7 Å². The van der Waals surface area contributed by atoms with Gasteiger partial charge in [-0.2, -0.15) is 0 Å². The van der Waals surface area contributed by atoms with E-state index in [1.165, 1.54) is 0 Å². The fraction of sp³-hybridized carbons (Fsp3) is 0.444. The number of piperidine rings is 1. The second-order valence-corrected chi connectivity index (χ2v) is 9.03. The Bertz CT molecular complexity index is 1070. The molecule has 1 saturated heterocycles. The fourth-order valence-corrected chi connectivity index (χ4v) is 4.69. The third kappa shape index (κ3) is 5.42. The molecular weight excluding hydrogens is 446 g/mol. The first-order valence-electron chi connectivity index (χ1n) is 12.3. The number of ether oxygens (including phenoxy) is 2. The Labute approximate surface area is 206 Å². The second kappa shape index (κ2) is 10.8. The maximum Gasteiger partial charge on any atom is 0.253 e. The number of nitrogens with one attached hydrogen (secondary N) is 1. The number of likely N-dealkylation sites (tertiary alicyclic amines) is 1. The zero-order valence-electron chi connectivity index (χ0n) is 20.6. The second-order valence-electron chi connectivity index (χ2n) is 9.03. The van der Waals surface area contributed by atoms with Gasteiger partial charge < -0.3 is 24.6 Å². The molecule has 2 aromatic carbocycles. The Morgan fingerprint density at radius 3 is 2.26 bits per heavy atom. The molecule has 2 aliphatic heterocycles. The zero-order chi connectivity index (χ0) is 24.9. The van der Waals surface area contributed by atoms with Crippen LogP contribution in [-0.4, -0.2) is 66.5 Å². The van der Waals surface area contributed by atoms with E-state index in [1.807, 2.05) is 49.9 Å². The molecule has 2 aromatic rings. The van der Waals surface area contributed by atoms with Crippen LogP contribution in [0.5, 0.6) is 11.5 Å². The highest BCUT2D eigenvalue weighted by molar-refractivity contribution is 5.98. The van der Waals surface area contributed by atoms with Gasteiger partial charge in [0.25, 0.3) is 11.8 Å². The summed E-state index contributed by atoms with van der Waals surface area (Å²) in [6.07, 6.45) is 1.27. The number of rotatable bonds is 7. The lowest BCUT2D eigenvalue weighted by Crippen LogP contribution is -2.54. The molecule has 0 aromatic heterocycles. The number of nitrogens with zero attached hydrogens (tertiary/aromatic N) is 2. The van der Waals surface area contributed by atoms with Crippen molar-refractivity contribution in [3.63, 3.8) is 0 Å². The summed E-state index contributed by atoms with van der Waals surface area (Å²) in [6.45, 7) is 8.20. The standard InChI is InChI=1S/C27H33N3O5/c1-4-29(5-2)27(33)24(28-25(31)21-10-11-22-23(16-21)35-17-34-22)19-12-14-30(15-13-19)26(32)20-8-6-18(3)7-9-20/h6-11,16,19,24H,4-5,12-15,17H2,1-3H3,(H,28,31)/t24-/m1/s1. The van der Waals surface area contributed by atoms with Crippen LogP contribution < -0.4 is 14.8 Å². The Kier molecular flexibility index (Phi) is 7.58. The minimum Gasteiger partial charge on any atom is -0.454 e. The molecular formula is C27H33N3O5. The molecule has 0 aliphatic carbocycles. The van der Waals surface area contributed by atoms with Crippen LogP contribution in [0.1, 0.15) is 53.0 Å². The summed E-state index contributed by atoms with van der Waals surface area (Å²) in [5.41, 5.74) is 2.19. The smallest absolute Gasteiger partial charge is 0.253 e. The van der Waals surface area contributed by atoms with Gasteiger partial charge in [0.05, 0.1) is 0 Å². The van der Waals surface area contributed by atoms with Gasteiger partial charge in [-0.1, -0.05) is 17.7 Å². The van der Waals surface area contributed by atoms with Crippen molar-refractivity contribution in [2.45, 2.75) is 39.7 Å². The predicted molar refractivity (Wildman–Crippen MR) is 132 cm³/mol. The molecule has 8 heteroatoms. The van der Waals surface area contributed by atoms with E-state index in [0.29, 0.717) is 61.6 Å². The lowest BCUT2D eigenvalue weighted by atomic mass is 9.87. The first-order chi connectivity index (χ1) is 16.9. The number of hydrogen-bond acceptors (Lipinski definition) is 5. The molecule has 0 radical (unpaired) electrons. The normalized spacial score (nSPS) is 16.0. The predicted octanol–water partition coefficient (Wildman–Crippen LogP) is 3.24. The van der Waals surface area contributed by atoms with E-state index in [0.717, 1.165) is 5.56 Å². The summed E-state index contributed by atoms with van der Waals surface area (Å²) in [5, 5.41) is 3.00. The van der Waals surface area contributed by atoms with Crippen molar-refractivity contribution in [3.8, 4) is 11.5 Å². The van der Waals surface area contributed by atoms with Gasteiger partial charge in [-0.05, 0) is 69.9 Å². The number of fused-ring (bicyclic) bond motifs is 1. The van der Waals surface area contributed by atoms with Crippen molar-refractivity contribution < 1.29 is 23.9 Å². The van der Waals surface area contributed by atoms with E-state index in [1.54, 1.807) is 23.1 Å². The summed E-state index contributed by atoms with van der Waals surface area (Å²) >= 11 is 0. The van der Waals surface area contributed by atoms with Crippen molar-refractivity contribution in [2.75, 3.05) is 33.0 Å². The summed E-state index contributed by atoms with van der Waals surface area (Å²) in [5.74, 6) is 0.636. The number of carbonyl (C=O) groups excluding carboxylic acids is 3. The van der Waals surface area contributed by atoms with E-state index < -0.39 is 6.04 Å². The molecule has 8 nitrogen and oxygen atoms in total. The van der Waals surface area contributed by atoms with Crippen LogP contribution in [0.3, 0.4) is 0 Å². The molecule has 2 aliphatic rings. The van der Waals surface area contributed by atoms with Crippen molar-refractivity contribution in [2.24, 2.45) is 5.92 Å². The maximum absolute atomic E-state index is 13.4. The fourth-order valence-electron chi connectivity index (χ4n) is 4.69. The molecule has 4 rings (SSSR count). The number of likely N-dealkylation sites (N-methyl/N-ethyl adjacent to an activating group) is 1. The Hall–Kier alpha value is -3.55. The summed E-state index contributed by atoms with van der Waals surface area (Å²) in [6, 6.07) is 11.9. The summed E-state index contributed by atoms with van der Waals surface area (Å²) < 4.78 is 10.7. The van der Waals surface area contributed by atoms with Crippen LogP contribution in [0.15, 0.2) is 42.5 Å². The quantitative estimate of drug-likeness (QED) is 0.659. The largest absolute Gasteiger partial charge is 0.454 e. The summed E-state index contributed by atoms with van der Waals surface area (Å²) in [7, 11) is 0. The van der Waals surface area contributed by atoms with E-state index in [-0.39, 0.29) is 30.4 Å². The number of amides is 3. The minimum atomic E-state index is -0.663. The van der Waals surface area contributed by atoms with Gasteiger partial charge >= 0.3 is 0 Å². The van der Waals surface area contributed by atoms with Crippen LogP contribution in [-0.2, 0) is 4.79 Å². The number of hydrogen-bond donors (Lipinski definition) is 1. The third-order valence-electron chi connectivity index (χ3n) is 6.86. The molecule has 0 spiro atoms. The molecule has 0 unspecified atom stereocenters. The number of carbonyl (C=O) groups is 3. The molecule has 0 bridgehead atoms. The average Bonchev–Trinajstić information content (AvgIpc) is 3.36. The molecule has 2 heterocycles. The van der Waals surface area contributed by atoms with Crippen molar-refractivity contribution in [1.82, 2.24) is 15.1 Å². The van der Waals surface area contributed by atoms with Crippen molar-refractivity contribution in [1.29, 1.82) is 0 Å². The van der Waals surface area contributed by atoms with Crippen LogP contribution in [0.4, 0.5) is 0 Å². The van der Waals surface area contributed by atoms with Crippen LogP contribution in [0.25, 0.3) is 0 Å². The van der Waals surface area contributed by atoms with Gasteiger partial charge in [-0.3, -0.25) is 14.4 Å². The van der Waals surface area contributed by atoms with Crippen LogP contribution in [0, 0.1) is 12.8 Å². The molecule has 0 saturated carbocycles. The molecule has 186 valence electrons. The van der Waals surface area contributed by atoms with Gasteiger partial charge in [-0.15, -0.1) is 0 Å². The van der Waals surface area contributed by atoms with E-state index in [9.17, 15) is 14.4 Å². The lowest BCUT2D eigenvalue weighted by molar-refractivity contribution is -0.134. The van der Waals surface area contributed by atoms with Gasteiger partial charge in [-0.25, -0.2) is 0 Å². The van der Waals surface area contributed by atoms with Gasteiger partial charge in [0.1, 0.15) is 6.04 Å². The van der Waals surface area contributed by atoms with Gasteiger partial charge in [0, 0.05) is 37.3 Å². The highest BCUT2D eigenvalue weighted by Gasteiger charge is 2.36. The first-order valence-corrected chi connectivity index (χ1v) is 12.3. The molecule has 1 atom stereocenters. The Morgan fingerprint density at radius 2 is 1.60 bits per heavy atom. The SMILES string of the molecule is CCN(CC)C(=O)[C@H](NC(=O)c1ccc2c(c1)OCO2)C1CCN(C(=O)c2ccc(C)cc2)CC1. The monoisotopic (exact) mass is 479 g/mol. The highest BCUT2D eigenvalue weighted by atomic mass is 16.7. The van der Waals surface area contributed by atoms with Crippen LogP contribution >= 0.6 is 0 Å². The first kappa shape index (κ1) is 24.6. The van der Waals surface area contributed by atoms with E-state index in [4.69, 9.17) is 9.47 Å². The van der Waals surface area contributed by atoms with E-state index in [2.05, 4.69) is 5.32 Å². The molecule has 3 amide bonds. The van der Waals surface area contributed by atoms with Crippen molar-refractivity contribution >= 4 is 17.7 Å². The Morgan fingerprint density at radius 1 is 0.971 bits per heavy atom. The van der Waals surface area contributed by atoms with Gasteiger partial charge in [0.15, 0.2) is 11.5 Å². The molecule has 35 heavy (non-hydrogen) atoms. The molecule has 1 N–H and O–H groups in total.